The van der Waals surface area contributed by atoms with Crippen LogP contribution in [0.3, 0.4) is 0 Å². The van der Waals surface area contributed by atoms with E-state index in [4.69, 9.17) is 28.5 Å². The molecular weight excluding hydrogens is 509 g/mol. The second-order valence-corrected chi connectivity index (χ2v) is 10.7. The van der Waals surface area contributed by atoms with Crippen molar-refractivity contribution in [3.8, 4) is 6.07 Å². The quantitative estimate of drug-likeness (QED) is 0.622. The summed E-state index contributed by atoms with van der Waals surface area (Å²) in [6, 6.07) is 4.24. The van der Waals surface area contributed by atoms with E-state index in [0.717, 1.165) is 16.2 Å². The number of nitrogens with one attached hydrogen (secondary N) is 1. The fourth-order valence-electron chi connectivity index (χ4n) is 2.98. The highest BCUT2D eigenvalue weighted by atomic mass is 35.5. The van der Waals surface area contributed by atoms with Gasteiger partial charge in [-0.25, -0.2) is 22.2 Å². The van der Waals surface area contributed by atoms with Gasteiger partial charge in [0.2, 0.25) is 5.91 Å². The molecule has 1 aliphatic heterocycles. The second kappa shape index (κ2) is 9.27. The largest absolute Gasteiger partial charge is 0.342 e. The van der Waals surface area contributed by atoms with Gasteiger partial charge in [-0.15, -0.1) is 11.3 Å². The lowest BCUT2D eigenvalue weighted by Crippen LogP contribution is -2.43. The molecule has 1 atom stereocenters. The van der Waals surface area contributed by atoms with Crippen molar-refractivity contribution < 1.29 is 26.8 Å². The van der Waals surface area contributed by atoms with Crippen molar-refractivity contribution in [3.05, 3.63) is 44.3 Å². The third kappa shape index (κ3) is 5.72. The summed E-state index contributed by atoms with van der Waals surface area (Å²) in [5.41, 5.74) is -0.138. The summed E-state index contributed by atoms with van der Waals surface area (Å²) in [5, 5.41) is 12.9. The lowest BCUT2D eigenvalue weighted by atomic mass is 10.2. The SMILES string of the molecule is N#C[C@@H]1CC(F)(F)CN1C(=O)CNC(=O)c1csc(CS(=O)(=O)c2cc(Cl)cc(Cl)c2)n1. The van der Waals surface area contributed by atoms with Crippen LogP contribution in [-0.4, -0.2) is 55.2 Å². The number of hydrogen-bond acceptors (Lipinski definition) is 7. The van der Waals surface area contributed by atoms with Crippen molar-refractivity contribution in [2.24, 2.45) is 0 Å². The monoisotopic (exact) mass is 522 g/mol. The van der Waals surface area contributed by atoms with E-state index in [9.17, 15) is 26.8 Å². The van der Waals surface area contributed by atoms with Gasteiger partial charge in [-0.3, -0.25) is 9.59 Å². The summed E-state index contributed by atoms with van der Waals surface area (Å²) < 4.78 is 52.1. The number of amides is 2. The third-order valence-corrected chi connectivity index (χ3v) is 7.51. The molecule has 1 aromatic carbocycles. The van der Waals surface area contributed by atoms with Crippen LogP contribution in [0.4, 0.5) is 8.78 Å². The first-order valence-electron chi connectivity index (χ1n) is 8.88. The van der Waals surface area contributed by atoms with Crippen molar-refractivity contribution >= 4 is 56.2 Å². The van der Waals surface area contributed by atoms with E-state index >= 15 is 0 Å². The standard InChI is InChI=1S/C18H14Cl2F2N4O4S2/c19-10-1-11(20)3-13(2-10)32(29,30)8-15-25-14(7-31-15)17(28)24-6-16(27)26-9-18(21,22)4-12(26)5-23/h1-3,7,12H,4,6,8-9H2,(H,24,28)/t12-/m0/s1. The lowest BCUT2D eigenvalue weighted by molar-refractivity contribution is -0.131. The van der Waals surface area contributed by atoms with Gasteiger partial charge in [0.05, 0.1) is 24.1 Å². The minimum absolute atomic E-state index is 0.101. The maximum Gasteiger partial charge on any atom is 0.271 e. The number of likely N-dealkylation sites (tertiary alicyclic amines) is 1. The number of benzene rings is 1. The number of alkyl halides is 2. The number of aromatic nitrogens is 1. The Labute approximate surface area is 195 Å². The molecule has 0 bridgehead atoms. The van der Waals surface area contributed by atoms with Crippen LogP contribution >= 0.6 is 34.5 Å². The van der Waals surface area contributed by atoms with Crippen LogP contribution in [0.2, 0.25) is 10.0 Å². The Kier molecular flexibility index (Phi) is 7.04. The molecule has 2 amide bonds. The number of thiazole rings is 1. The first-order chi connectivity index (χ1) is 14.9. The molecule has 2 heterocycles. The number of carbonyl (C=O) groups is 2. The van der Waals surface area contributed by atoms with Gasteiger partial charge >= 0.3 is 0 Å². The first kappa shape index (κ1) is 24.3. The molecule has 3 rings (SSSR count). The van der Waals surface area contributed by atoms with Crippen molar-refractivity contribution in [1.29, 1.82) is 5.26 Å². The molecule has 14 heteroatoms. The zero-order valence-electron chi connectivity index (χ0n) is 16.0. The molecule has 8 nitrogen and oxygen atoms in total. The van der Waals surface area contributed by atoms with Gasteiger partial charge in [-0.2, -0.15) is 5.26 Å². The van der Waals surface area contributed by atoms with Crippen LogP contribution in [0, 0.1) is 11.3 Å². The average Bonchev–Trinajstić information content (AvgIpc) is 3.28. The molecule has 0 unspecified atom stereocenters. The molecule has 1 aromatic heterocycles. The normalized spacial score (nSPS) is 17.7. The number of carbonyl (C=O) groups excluding carboxylic acids is 2. The number of halogens is 4. The fourth-order valence-corrected chi connectivity index (χ4v) is 6.10. The molecule has 0 saturated carbocycles. The van der Waals surface area contributed by atoms with E-state index in [1.807, 2.05) is 0 Å². The molecule has 1 N–H and O–H groups in total. The van der Waals surface area contributed by atoms with Gasteiger partial charge in [0.15, 0.2) is 9.84 Å². The zero-order valence-corrected chi connectivity index (χ0v) is 19.2. The van der Waals surface area contributed by atoms with Gasteiger partial charge in [0.25, 0.3) is 11.8 Å². The predicted octanol–water partition coefficient (Wildman–Crippen LogP) is 2.91. The van der Waals surface area contributed by atoms with Gasteiger partial charge < -0.3 is 10.2 Å². The molecule has 170 valence electrons. The highest BCUT2D eigenvalue weighted by Gasteiger charge is 2.47. The average molecular weight is 523 g/mol. The predicted molar refractivity (Wildman–Crippen MR) is 112 cm³/mol. The zero-order chi connectivity index (χ0) is 23.7. The summed E-state index contributed by atoms with van der Waals surface area (Å²) in [4.78, 5) is 29.0. The van der Waals surface area contributed by atoms with Crippen LogP contribution in [0.25, 0.3) is 0 Å². The maximum absolute atomic E-state index is 13.5. The molecule has 0 radical (unpaired) electrons. The molecule has 1 fully saturated rings. The van der Waals surface area contributed by atoms with E-state index < -0.39 is 58.9 Å². The van der Waals surface area contributed by atoms with E-state index in [0.29, 0.717) is 0 Å². The van der Waals surface area contributed by atoms with Crippen LogP contribution in [0.5, 0.6) is 0 Å². The molecular formula is C18H14Cl2F2N4O4S2. The minimum Gasteiger partial charge on any atom is -0.342 e. The molecule has 1 aliphatic rings. The summed E-state index contributed by atoms with van der Waals surface area (Å²) in [5.74, 6) is -5.29. The van der Waals surface area contributed by atoms with E-state index in [2.05, 4.69) is 10.3 Å². The topological polar surface area (TPSA) is 120 Å². The Morgan fingerprint density at radius 2 is 1.97 bits per heavy atom. The Morgan fingerprint density at radius 3 is 2.59 bits per heavy atom. The molecule has 0 spiro atoms. The van der Waals surface area contributed by atoms with Gasteiger partial charge in [-0.1, -0.05) is 23.2 Å². The lowest BCUT2D eigenvalue weighted by Gasteiger charge is -2.19. The summed E-state index contributed by atoms with van der Waals surface area (Å²) in [6.07, 6.45) is -0.759. The second-order valence-electron chi connectivity index (χ2n) is 6.90. The smallest absolute Gasteiger partial charge is 0.271 e. The fraction of sp³-hybridized carbons (Fsp3) is 0.333. The Balaban J connectivity index is 1.62. The van der Waals surface area contributed by atoms with Gasteiger partial charge in [0.1, 0.15) is 22.5 Å². The van der Waals surface area contributed by atoms with Crippen molar-refractivity contribution in [1.82, 2.24) is 15.2 Å². The molecule has 2 aromatic rings. The van der Waals surface area contributed by atoms with Crippen LogP contribution in [0.1, 0.15) is 21.9 Å². The van der Waals surface area contributed by atoms with Gasteiger partial charge in [0, 0.05) is 21.8 Å². The summed E-state index contributed by atoms with van der Waals surface area (Å²) >= 11 is 12.6. The number of nitrogens with zero attached hydrogens (tertiary/aromatic N) is 3. The Morgan fingerprint density at radius 1 is 1.31 bits per heavy atom. The highest BCUT2D eigenvalue weighted by Crippen LogP contribution is 2.31. The number of hydrogen-bond donors (Lipinski definition) is 1. The summed E-state index contributed by atoms with van der Waals surface area (Å²) in [6.45, 7) is -1.51. The third-order valence-electron chi connectivity index (χ3n) is 4.43. The van der Waals surface area contributed by atoms with Crippen LogP contribution in [0.15, 0.2) is 28.5 Å². The molecule has 0 aliphatic carbocycles. The van der Waals surface area contributed by atoms with E-state index in [1.54, 1.807) is 6.07 Å². The summed E-state index contributed by atoms with van der Waals surface area (Å²) in [7, 11) is -3.84. The van der Waals surface area contributed by atoms with E-state index in [-0.39, 0.29) is 25.6 Å². The minimum atomic E-state index is -3.84. The van der Waals surface area contributed by atoms with Crippen LogP contribution < -0.4 is 5.32 Å². The Hall–Kier alpha value is -2.33. The van der Waals surface area contributed by atoms with Gasteiger partial charge in [-0.05, 0) is 18.2 Å². The van der Waals surface area contributed by atoms with Crippen molar-refractivity contribution in [2.75, 3.05) is 13.1 Å². The number of nitriles is 1. The molecule has 32 heavy (non-hydrogen) atoms. The first-order valence-corrected chi connectivity index (χ1v) is 12.2. The maximum atomic E-state index is 13.5. The Bertz CT molecular complexity index is 1190. The molecule has 1 saturated heterocycles. The number of sulfone groups is 1. The highest BCUT2D eigenvalue weighted by molar-refractivity contribution is 7.90. The van der Waals surface area contributed by atoms with Crippen molar-refractivity contribution in [2.45, 2.75) is 29.0 Å². The van der Waals surface area contributed by atoms with Crippen LogP contribution in [-0.2, 0) is 20.4 Å². The van der Waals surface area contributed by atoms with E-state index in [1.165, 1.54) is 23.6 Å². The van der Waals surface area contributed by atoms with Crippen molar-refractivity contribution in [3.63, 3.8) is 0 Å². The number of rotatable bonds is 6.